The number of esters is 1. The van der Waals surface area contributed by atoms with Crippen molar-refractivity contribution in [2.24, 2.45) is 0 Å². The third-order valence-electron chi connectivity index (χ3n) is 10.8. The molecule has 0 aliphatic carbocycles. The van der Waals surface area contributed by atoms with Crippen molar-refractivity contribution >= 4 is 11.9 Å². The molecule has 3 N–H and O–H groups in total. The second-order valence-corrected chi connectivity index (χ2v) is 16.2. The average Bonchev–Trinajstić information content (AvgIpc) is 3.15. The zero-order valence-electron chi connectivity index (χ0n) is 35.7. The van der Waals surface area contributed by atoms with Gasteiger partial charge in [0.1, 0.15) is 6.10 Å². The normalized spacial score (nSPS) is 13.4. The van der Waals surface area contributed by atoms with Gasteiger partial charge in [-0.15, -0.1) is 0 Å². The van der Waals surface area contributed by atoms with Crippen LogP contribution in [-0.2, 0) is 14.3 Å². The molecule has 6 heteroatoms. The van der Waals surface area contributed by atoms with Crippen LogP contribution in [0.5, 0.6) is 0 Å². The average molecular weight is 750 g/mol. The number of hydrogen-bond acceptors (Lipinski definition) is 5. The lowest BCUT2D eigenvalue weighted by atomic mass is 10.0. The first-order valence-corrected chi connectivity index (χ1v) is 23.4. The van der Waals surface area contributed by atoms with Gasteiger partial charge in [-0.1, -0.05) is 200 Å². The molecule has 1 amide bonds. The molecular weight excluding hydrogens is 659 g/mol. The molecule has 0 radical (unpaired) electrons. The van der Waals surface area contributed by atoms with Crippen LogP contribution in [0.25, 0.3) is 0 Å². The van der Waals surface area contributed by atoms with Crippen LogP contribution in [0.4, 0.5) is 0 Å². The van der Waals surface area contributed by atoms with Crippen molar-refractivity contribution in [3.8, 4) is 0 Å². The Morgan fingerprint density at radius 1 is 0.528 bits per heavy atom. The number of allylic oxidation sites excluding steroid dienone is 2. The molecule has 6 nitrogen and oxygen atoms in total. The van der Waals surface area contributed by atoms with Crippen molar-refractivity contribution in [2.45, 2.75) is 270 Å². The van der Waals surface area contributed by atoms with Gasteiger partial charge in [0.25, 0.3) is 0 Å². The van der Waals surface area contributed by atoms with Gasteiger partial charge in [-0.05, 0) is 51.4 Å². The minimum absolute atomic E-state index is 0.0726. The molecule has 53 heavy (non-hydrogen) atoms. The predicted octanol–water partition coefficient (Wildman–Crippen LogP) is 13.4. The van der Waals surface area contributed by atoms with E-state index >= 15 is 0 Å². The van der Waals surface area contributed by atoms with Gasteiger partial charge in [0.05, 0.1) is 25.2 Å². The highest BCUT2D eigenvalue weighted by molar-refractivity contribution is 5.77. The lowest BCUT2D eigenvalue weighted by Crippen LogP contribution is -2.46. The van der Waals surface area contributed by atoms with Crippen molar-refractivity contribution in [3.05, 3.63) is 12.2 Å². The summed E-state index contributed by atoms with van der Waals surface area (Å²) in [6.07, 6.45) is 44.2. The van der Waals surface area contributed by atoms with Crippen molar-refractivity contribution < 1.29 is 24.5 Å². The highest BCUT2D eigenvalue weighted by atomic mass is 16.5. The van der Waals surface area contributed by atoms with Crippen LogP contribution in [-0.4, -0.2) is 46.9 Å². The molecule has 0 fully saturated rings. The molecule has 0 aliphatic heterocycles. The summed E-state index contributed by atoms with van der Waals surface area (Å²) in [5.41, 5.74) is 0. The molecule has 314 valence electrons. The molecule has 0 aliphatic rings. The molecule has 3 atom stereocenters. The molecule has 0 bridgehead atoms. The van der Waals surface area contributed by atoms with Crippen molar-refractivity contribution in [3.63, 3.8) is 0 Å². The molecule has 0 aromatic heterocycles. The predicted molar refractivity (Wildman–Crippen MR) is 227 cm³/mol. The van der Waals surface area contributed by atoms with Crippen LogP contribution in [0.2, 0.25) is 0 Å². The fraction of sp³-hybridized carbons (Fsp3) is 0.915. The number of ether oxygens (including phenoxy) is 1. The lowest BCUT2D eigenvalue weighted by molar-refractivity contribution is -0.151. The number of nitrogens with one attached hydrogen (secondary N) is 1. The van der Waals surface area contributed by atoms with E-state index in [0.29, 0.717) is 19.3 Å². The first-order chi connectivity index (χ1) is 26.0. The minimum Gasteiger partial charge on any atom is -0.462 e. The summed E-state index contributed by atoms with van der Waals surface area (Å²) >= 11 is 0. The standard InChI is InChI=1S/C47H91NO5/c1-4-7-10-13-16-19-21-22-23-24-25-28-31-34-37-40-47(52)53-43(38-35-32-29-27-20-17-14-11-8-5-2)41-46(51)48-44(42-49)45(50)39-36-33-30-26-18-15-12-9-6-3/h17,20,43-45,49-50H,4-16,18-19,21-42H2,1-3H3,(H,48,51)/b20-17-. The summed E-state index contributed by atoms with van der Waals surface area (Å²) in [4.78, 5) is 25.9. The molecule has 0 saturated carbocycles. The Labute approximate surface area is 329 Å². The molecule has 0 spiro atoms. The summed E-state index contributed by atoms with van der Waals surface area (Å²) < 4.78 is 5.89. The number of hydrogen-bond donors (Lipinski definition) is 3. The van der Waals surface area contributed by atoms with E-state index in [1.54, 1.807) is 0 Å². The van der Waals surface area contributed by atoms with E-state index in [9.17, 15) is 19.8 Å². The van der Waals surface area contributed by atoms with E-state index in [2.05, 4.69) is 38.2 Å². The third-order valence-corrected chi connectivity index (χ3v) is 10.8. The largest absolute Gasteiger partial charge is 0.462 e. The van der Waals surface area contributed by atoms with Crippen LogP contribution >= 0.6 is 0 Å². The zero-order valence-corrected chi connectivity index (χ0v) is 35.7. The number of unbranched alkanes of at least 4 members (excludes halogenated alkanes) is 28. The Morgan fingerprint density at radius 2 is 0.906 bits per heavy atom. The van der Waals surface area contributed by atoms with Gasteiger partial charge in [0, 0.05) is 6.42 Å². The molecular formula is C47H91NO5. The Morgan fingerprint density at radius 3 is 1.38 bits per heavy atom. The van der Waals surface area contributed by atoms with Gasteiger partial charge in [-0.3, -0.25) is 9.59 Å². The Balaban J connectivity index is 4.51. The number of rotatable bonds is 42. The summed E-state index contributed by atoms with van der Waals surface area (Å²) in [6.45, 7) is 6.43. The fourth-order valence-electron chi connectivity index (χ4n) is 7.25. The van der Waals surface area contributed by atoms with Crippen LogP contribution < -0.4 is 5.32 Å². The summed E-state index contributed by atoms with van der Waals surface area (Å²) in [6, 6.07) is -0.697. The SMILES string of the molecule is CCCCC/C=C\CCCCCC(CC(=O)NC(CO)C(O)CCCCCCCCCCC)OC(=O)CCCCCCCCCCCCCCCCC. The second-order valence-electron chi connectivity index (χ2n) is 16.2. The molecule has 0 aromatic rings. The van der Waals surface area contributed by atoms with E-state index in [1.807, 2.05) is 0 Å². The third kappa shape index (κ3) is 37.3. The van der Waals surface area contributed by atoms with Crippen molar-refractivity contribution in [1.82, 2.24) is 5.32 Å². The Bertz CT molecular complexity index is 802. The highest BCUT2D eigenvalue weighted by Gasteiger charge is 2.24. The quantitative estimate of drug-likeness (QED) is 0.0328. The van der Waals surface area contributed by atoms with E-state index in [1.165, 1.54) is 135 Å². The summed E-state index contributed by atoms with van der Waals surface area (Å²) in [5, 5.41) is 23.6. The van der Waals surface area contributed by atoms with E-state index < -0.39 is 18.2 Å². The molecule has 0 saturated heterocycles. The van der Waals surface area contributed by atoms with Crippen LogP contribution in [0.3, 0.4) is 0 Å². The Hall–Kier alpha value is -1.40. The monoisotopic (exact) mass is 750 g/mol. The summed E-state index contributed by atoms with van der Waals surface area (Å²) in [5.74, 6) is -0.480. The van der Waals surface area contributed by atoms with E-state index in [4.69, 9.17) is 4.74 Å². The maximum atomic E-state index is 13.1. The van der Waals surface area contributed by atoms with Crippen molar-refractivity contribution in [2.75, 3.05) is 6.61 Å². The van der Waals surface area contributed by atoms with Gasteiger partial charge in [0.2, 0.25) is 5.91 Å². The maximum Gasteiger partial charge on any atom is 0.306 e. The second kappa shape index (κ2) is 41.8. The van der Waals surface area contributed by atoms with Crippen LogP contribution in [0, 0.1) is 0 Å². The number of amides is 1. The Kier molecular flexibility index (Phi) is 40.7. The first-order valence-electron chi connectivity index (χ1n) is 23.4. The zero-order chi connectivity index (χ0) is 38.9. The maximum absolute atomic E-state index is 13.1. The molecule has 0 aromatic carbocycles. The van der Waals surface area contributed by atoms with Gasteiger partial charge < -0.3 is 20.3 Å². The number of aliphatic hydroxyl groups is 2. The lowest BCUT2D eigenvalue weighted by Gasteiger charge is -2.24. The number of carbonyl (C=O) groups is 2. The van der Waals surface area contributed by atoms with Gasteiger partial charge in [-0.25, -0.2) is 0 Å². The van der Waals surface area contributed by atoms with Gasteiger partial charge in [-0.2, -0.15) is 0 Å². The number of aliphatic hydroxyl groups excluding tert-OH is 2. The van der Waals surface area contributed by atoms with E-state index in [-0.39, 0.29) is 24.9 Å². The van der Waals surface area contributed by atoms with Gasteiger partial charge >= 0.3 is 5.97 Å². The molecule has 0 rings (SSSR count). The van der Waals surface area contributed by atoms with Gasteiger partial charge in [0.15, 0.2) is 0 Å². The fourth-order valence-corrected chi connectivity index (χ4v) is 7.25. The molecule has 0 heterocycles. The van der Waals surface area contributed by atoms with Crippen LogP contribution in [0.15, 0.2) is 12.2 Å². The number of carbonyl (C=O) groups excluding carboxylic acids is 2. The summed E-state index contributed by atoms with van der Waals surface area (Å²) in [7, 11) is 0. The first kappa shape index (κ1) is 51.6. The smallest absolute Gasteiger partial charge is 0.306 e. The van der Waals surface area contributed by atoms with Crippen LogP contribution in [0.1, 0.15) is 252 Å². The highest BCUT2D eigenvalue weighted by Crippen LogP contribution is 2.18. The minimum atomic E-state index is -0.783. The topological polar surface area (TPSA) is 95.9 Å². The van der Waals surface area contributed by atoms with E-state index in [0.717, 1.165) is 70.6 Å². The van der Waals surface area contributed by atoms with Crippen molar-refractivity contribution in [1.29, 1.82) is 0 Å². The molecule has 3 unspecified atom stereocenters.